The van der Waals surface area contributed by atoms with E-state index in [1.807, 2.05) is 97.1 Å². The number of para-hydroxylation sites is 4. The molecule has 7 aromatic carbocycles. The van der Waals surface area contributed by atoms with Crippen molar-refractivity contribution in [3.8, 4) is 33.9 Å². The average molecular weight is 697 g/mol. The molecule has 0 spiro atoms. The molecule has 3 heterocycles. The molecule has 0 fully saturated rings. The Bertz CT molecular complexity index is 2930. The summed E-state index contributed by atoms with van der Waals surface area (Å²) in [5, 5.41) is 2.72. The van der Waals surface area contributed by atoms with Gasteiger partial charge >= 0.3 is 0 Å². The van der Waals surface area contributed by atoms with Crippen molar-refractivity contribution in [1.82, 2.24) is 19.1 Å². The average Bonchev–Trinajstić information content (AvgIpc) is 3.22. The van der Waals surface area contributed by atoms with Crippen molar-refractivity contribution in [3.63, 3.8) is 0 Å². The molecule has 54 heavy (non-hydrogen) atoms. The second-order valence-corrected chi connectivity index (χ2v) is 13.8. The van der Waals surface area contributed by atoms with Crippen LogP contribution in [0.5, 0.6) is 0 Å². The van der Waals surface area contributed by atoms with E-state index < -0.39 is 0 Å². The summed E-state index contributed by atoms with van der Waals surface area (Å²) in [6.07, 6.45) is 0. The quantitative estimate of drug-likeness (QED) is 0.172. The molecule has 6 nitrogen and oxygen atoms in total. The topological polar surface area (TPSA) is 69.8 Å². The largest absolute Gasteiger partial charge is 0.309 e. The predicted octanol–water partition coefficient (Wildman–Crippen LogP) is 10.5. The molecule has 0 bridgehead atoms. The van der Waals surface area contributed by atoms with E-state index in [0.717, 1.165) is 78.1 Å². The van der Waals surface area contributed by atoms with Gasteiger partial charge in [-0.05, 0) is 110 Å². The Morgan fingerprint density at radius 1 is 0.389 bits per heavy atom. The third kappa shape index (κ3) is 4.88. The highest BCUT2D eigenvalue weighted by molar-refractivity contribution is 5.97. The molecule has 3 aromatic heterocycles. The van der Waals surface area contributed by atoms with Crippen LogP contribution in [0.15, 0.2) is 167 Å². The van der Waals surface area contributed by atoms with Crippen LogP contribution in [0.25, 0.3) is 88.5 Å². The van der Waals surface area contributed by atoms with Crippen molar-refractivity contribution in [2.24, 2.45) is 0 Å². The van der Waals surface area contributed by atoms with Crippen molar-refractivity contribution in [1.29, 1.82) is 0 Å². The predicted molar refractivity (Wildman–Crippen MR) is 221 cm³/mol. The summed E-state index contributed by atoms with van der Waals surface area (Å²) in [4.78, 5) is 37.4. The Labute approximate surface area is 309 Å². The number of aromatic nitrogens is 4. The molecule has 0 amide bonds. The lowest BCUT2D eigenvalue weighted by Gasteiger charge is -2.17. The van der Waals surface area contributed by atoms with Crippen LogP contribution in [0.4, 0.5) is 0 Å². The van der Waals surface area contributed by atoms with Gasteiger partial charge in [-0.3, -0.25) is 9.59 Å². The van der Waals surface area contributed by atoms with Gasteiger partial charge < -0.3 is 9.13 Å². The molecule has 0 aliphatic carbocycles. The number of rotatable bonds is 4. The van der Waals surface area contributed by atoms with Gasteiger partial charge in [0, 0.05) is 44.0 Å². The summed E-state index contributed by atoms with van der Waals surface area (Å²) >= 11 is 0. The van der Waals surface area contributed by atoms with Gasteiger partial charge in [0.05, 0.1) is 44.5 Å². The van der Waals surface area contributed by atoms with E-state index >= 15 is 0 Å². The molecule has 6 heteroatoms. The summed E-state index contributed by atoms with van der Waals surface area (Å²) in [5.74, 6) is 0. The second kappa shape index (κ2) is 12.2. The standard InChI is InChI=1S/C48H32N4O2/c1-29-27-39-40(28-30(29)2)50-46(32-21-25-34(26-22-32)52-43-17-9-5-13-37(43)48(54)38-14-6-10-18-44(38)52)45(49-39)31-19-23-33(24-20-31)51-41-15-7-3-11-35(41)47(53)36-12-4-8-16-42(36)51/h3-28H,1-2H3. The lowest BCUT2D eigenvalue weighted by Crippen LogP contribution is -2.10. The van der Waals surface area contributed by atoms with Crippen molar-refractivity contribution in [2.45, 2.75) is 13.8 Å². The van der Waals surface area contributed by atoms with E-state index in [0.29, 0.717) is 21.5 Å². The number of pyridine rings is 2. The maximum absolute atomic E-state index is 13.4. The minimum absolute atomic E-state index is 0.0314. The fourth-order valence-corrected chi connectivity index (χ4v) is 7.80. The van der Waals surface area contributed by atoms with E-state index in [2.05, 4.69) is 83.6 Å². The third-order valence-corrected chi connectivity index (χ3v) is 10.6. The molecule has 0 aliphatic rings. The first-order valence-electron chi connectivity index (χ1n) is 18.0. The Balaban J connectivity index is 1.14. The van der Waals surface area contributed by atoms with Crippen molar-refractivity contribution in [3.05, 3.63) is 189 Å². The van der Waals surface area contributed by atoms with Gasteiger partial charge in [0.1, 0.15) is 0 Å². The minimum Gasteiger partial charge on any atom is -0.309 e. The van der Waals surface area contributed by atoms with Crippen LogP contribution >= 0.6 is 0 Å². The molecular weight excluding hydrogens is 665 g/mol. The Hall–Kier alpha value is -7.18. The van der Waals surface area contributed by atoms with Crippen molar-refractivity contribution in [2.75, 3.05) is 0 Å². The molecule has 0 N–H and O–H groups in total. The number of hydrogen-bond donors (Lipinski definition) is 0. The fraction of sp³-hybridized carbons (Fsp3) is 0.0417. The van der Waals surface area contributed by atoms with E-state index in [-0.39, 0.29) is 10.9 Å². The Morgan fingerprint density at radius 3 is 1.00 bits per heavy atom. The zero-order valence-electron chi connectivity index (χ0n) is 29.6. The molecule has 10 rings (SSSR count). The number of benzene rings is 7. The van der Waals surface area contributed by atoms with Crippen LogP contribution in [0.3, 0.4) is 0 Å². The molecule has 256 valence electrons. The van der Waals surface area contributed by atoms with E-state index in [1.54, 1.807) is 0 Å². The lowest BCUT2D eigenvalue weighted by atomic mass is 10.0. The summed E-state index contributed by atoms with van der Waals surface area (Å²) in [7, 11) is 0. The van der Waals surface area contributed by atoms with Crippen LogP contribution in [0.2, 0.25) is 0 Å². The molecule has 0 aliphatic heterocycles. The summed E-state index contributed by atoms with van der Waals surface area (Å²) in [5.41, 5.74) is 12.8. The van der Waals surface area contributed by atoms with Gasteiger partial charge in [-0.1, -0.05) is 72.8 Å². The summed E-state index contributed by atoms with van der Waals surface area (Å²) in [6, 6.07) is 52.0. The molecule has 0 saturated carbocycles. The van der Waals surface area contributed by atoms with Gasteiger partial charge in [-0.2, -0.15) is 0 Å². The van der Waals surface area contributed by atoms with E-state index in [1.165, 1.54) is 0 Å². The smallest absolute Gasteiger partial charge is 0.197 e. The number of aryl methyl sites for hydroxylation is 2. The summed E-state index contributed by atoms with van der Waals surface area (Å²) < 4.78 is 4.30. The molecule has 0 unspecified atom stereocenters. The SMILES string of the molecule is Cc1cc2nc(-c3ccc(-n4c5ccccc5c(=O)c5ccccc54)cc3)c(-c3ccc(-n4c5ccccc5c(=O)c5ccccc54)cc3)nc2cc1C. The molecular formula is C48H32N4O2. The lowest BCUT2D eigenvalue weighted by molar-refractivity contribution is 1.16. The summed E-state index contributed by atoms with van der Waals surface area (Å²) in [6.45, 7) is 4.20. The maximum atomic E-state index is 13.4. The number of hydrogen-bond acceptors (Lipinski definition) is 4. The minimum atomic E-state index is 0.0314. The fourth-order valence-electron chi connectivity index (χ4n) is 7.80. The Morgan fingerprint density at radius 2 is 0.685 bits per heavy atom. The highest BCUT2D eigenvalue weighted by atomic mass is 16.1. The monoisotopic (exact) mass is 696 g/mol. The van der Waals surface area contributed by atoms with Gasteiger partial charge in [0.15, 0.2) is 10.9 Å². The normalized spacial score (nSPS) is 11.7. The molecule has 10 aromatic rings. The van der Waals surface area contributed by atoms with Gasteiger partial charge in [-0.15, -0.1) is 0 Å². The van der Waals surface area contributed by atoms with Crippen molar-refractivity contribution < 1.29 is 0 Å². The number of nitrogens with zero attached hydrogens (tertiary/aromatic N) is 4. The zero-order chi connectivity index (χ0) is 36.5. The van der Waals surface area contributed by atoms with Crippen molar-refractivity contribution >= 4 is 54.6 Å². The Kier molecular flexibility index (Phi) is 7.13. The van der Waals surface area contributed by atoms with Crippen LogP contribution in [-0.2, 0) is 0 Å². The first-order chi connectivity index (χ1) is 26.4. The highest BCUT2D eigenvalue weighted by Crippen LogP contribution is 2.34. The van der Waals surface area contributed by atoms with Crippen LogP contribution in [-0.4, -0.2) is 19.1 Å². The van der Waals surface area contributed by atoms with Crippen LogP contribution < -0.4 is 10.9 Å². The highest BCUT2D eigenvalue weighted by Gasteiger charge is 2.18. The first kappa shape index (κ1) is 31.5. The molecule has 0 saturated heterocycles. The van der Waals surface area contributed by atoms with Gasteiger partial charge in [-0.25, -0.2) is 9.97 Å². The molecule has 0 radical (unpaired) electrons. The molecule has 0 atom stereocenters. The van der Waals surface area contributed by atoms with E-state index in [9.17, 15) is 9.59 Å². The van der Waals surface area contributed by atoms with Gasteiger partial charge in [0.25, 0.3) is 0 Å². The second-order valence-electron chi connectivity index (χ2n) is 13.8. The van der Waals surface area contributed by atoms with Gasteiger partial charge in [0.2, 0.25) is 0 Å². The number of fused-ring (bicyclic) bond motifs is 5. The maximum Gasteiger partial charge on any atom is 0.197 e. The zero-order valence-corrected chi connectivity index (χ0v) is 29.6. The third-order valence-electron chi connectivity index (χ3n) is 10.6. The van der Waals surface area contributed by atoms with Crippen LogP contribution in [0, 0.1) is 13.8 Å². The first-order valence-corrected chi connectivity index (χ1v) is 18.0. The van der Waals surface area contributed by atoms with Crippen LogP contribution in [0.1, 0.15) is 11.1 Å². The van der Waals surface area contributed by atoms with E-state index in [4.69, 9.17) is 9.97 Å².